The van der Waals surface area contributed by atoms with Crippen LogP contribution in [0.25, 0.3) is 0 Å². The Hall–Kier alpha value is -1.16. The van der Waals surface area contributed by atoms with Crippen LogP contribution < -0.4 is 5.32 Å². The minimum atomic E-state index is 0.893. The molecule has 1 aromatic rings. The van der Waals surface area contributed by atoms with E-state index in [0.717, 1.165) is 42.4 Å². The minimum absolute atomic E-state index is 0.893. The average Bonchev–Trinajstić information content (AvgIpc) is 2.22. The number of rotatable bonds is 5. The minimum Gasteiger partial charge on any atom is -0.370 e. The fourth-order valence-corrected chi connectivity index (χ4v) is 1.46. The molecular weight excluding hydrogens is 200 g/mol. The Bertz CT molecular complexity index is 347. The van der Waals surface area contributed by atoms with E-state index in [1.54, 1.807) is 0 Å². The molecule has 0 spiro atoms. The van der Waals surface area contributed by atoms with Crippen LogP contribution in [-0.4, -0.2) is 42.1 Å². The zero-order valence-electron chi connectivity index (χ0n) is 11.0. The van der Waals surface area contributed by atoms with Gasteiger partial charge in [-0.05, 0) is 34.9 Å². The maximum Gasteiger partial charge on any atom is 0.132 e. The molecule has 0 fully saturated rings. The summed E-state index contributed by atoms with van der Waals surface area (Å²) in [6.45, 7) is 8.05. The van der Waals surface area contributed by atoms with E-state index in [9.17, 15) is 0 Å². The van der Waals surface area contributed by atoms with Crippen molar-refractivity contribution in [3.8, 4) is 0 Å². The van der Waals surface area contributed by atoms with E-state index in [1.807, 2.05) is 6.92 Å². The van der Waals surface area contributed by atoms with Crippen LogP contribution in [0.1, 0.15) is 24.0 Å². The van der Waals surface area contributed by atoms with Crippen molar-refractivity contribution in [3.05, 3.63) is 17.1 Å². The number of aromatic nitrogens is 2. The maximum atomic E-state index is 4.55. The third kappa shape index (κ3) is 3.45. The summed E-state index contributed by atoms with van der Waals surface area (Å²) in [4.78, 5) is 11.2. The molecule has 0 aliphatic carbocycles. The van der Waals surface area contributed by atoms with E-state index < -0.39 is 0 Å². The molecule has 1 aromatic heterocycles. The monoisotopic (exact) mass is 222 g/mol. The molecule has 0 saturated carbocycles. The summed E-state index contributed by atoms with van der Waals surface area (Å²) >= 11 is 0. The maximum absolute atomic E-state index is 4.55. The molecule has 16 heavy (non-hydrogen) atoms. The third-order valence-corrected chi connectivity index (χ3v) is 2.56. The molecule has 0 aliphatic rings. The van der Waals surface area contributed by atoms with E-state index >= 15 is 0 Å². The van der Waals surface area contributed by atoms with E-state index in [-0.39, 0.29) is 0 Å². The Morgan fingerprint density at radius 3 is 2.44 bits per heavy atom. The van der Waals surface area contributed by atoms with Crippen molar-refractivity contribution in [2.75, 3.05) is 32.5 Å². The quantitative estimate of drug-likeness (QED) is 0.822. The number of hydrogen-bond acceptors (Lipinski definition) is 4. The Labute approximate surface area is 98.1 Å². The lowest BCUT2D eigenvalue weighted by atomic mass is 10.2. The summed E-state index contributed by atoms with van der Waals surface area (Å²) in [7, 11) is 4.12. The standard InChI is InChI=1S/C12H22N4/c1-6-13-12-9(2)10(3)14-11(15-12)7-8-16(4)5/h6-8H2,1-5H3,(H,13,14,15). The van der Waals surface area contributed by atoms with Crippen molar-refractivity contribution >= 4 is 5.82 Å². The summed E-state index contributed by atoms with van der Waals surface area (Å²) in [5.41, 5.74) is 2.22. The molecule has 0 aromatic carbocycles. The van der Waals surface area contributed by atoms with Crippen LogP contribution in [-0.2, 0) is 6.42 Å². The largest absolute Gasteiger partial charge is 0.370 e. The van der Waals surface area contributed by atoms with Crippen LogP contribution in [0.3, 0.4) is 0 Å². The van der Waals surface area contributed by atoms with Gasteiger partial charge in [0.25, 0.3) is 0 Å². The molecule has 4 nitrogen and oxygen atoms in total. The Balaban J connectivity index is 2.86. The van der Waals surface area contributed by atoms with Crippen LogP contribution in [0.4, 0.5) is 5.82 Å². The third-order valence-electron chi connectivity index (χ3n) is 2.56. The van der Waals surface area contributed by atoms with Crippen molar-refractivity contribution in [2.45, 2.75) is 27.2 Å². The van der Waals surface area contributed by atoms with Gasteiger partial charge in [-0.1, -0.05) is 0 Å². The van der Waals surface area contributed by atoms with Crippen molar-refractivity contribution in [1.82, 2.24) is 14.9 Å². The smallest absolute Gasteiger partial charge is 0.132 e. The lowest BCUT2D eigenvalue weighted by molar-refractivity contribution is 0.409. The van der Waals surface area contributed by atoms with Crippen molar-refractivity contribution in [1.29, 1.82) is 0 Å². The van der Waals surface area contributed by atoms with Gasteiger partial charge in [-0.2, -0.15) is 0 Å². The van der Waals surface area contributed by atoms with E-state index in [2.05, 4.69) is 48.1 Å². The summed E-state index contributed by atoms with van der Waals surface area (Å²) in [5, 5.41) is 3.28. The second-order valence-electron chi connectivity index (χ2n) is 4.28. The van der Waals surface area contributed by atoms with Gasteiger partial charge in [0.05, 0.1) is 0 Å². The Kier molecular flexibility index (Phi) is 4.68. The molecule has 0 saturated heterocycles. The van der Waals surface area contributed by atoms with Crippen LogP contribution in [0.15, 0.2) is 0 Å². The molecular formula is C12H22N4. The first-order valence-electron chi connectivity index (χ1n) is 5.77. The highest BCUT2D eigenvalue weighted by atomic mass is 15.1. The number of nitrogens with zero attached hydrogens (tertiary/aromatic N) is 3. The van der Waals surface area contributed by atoms with E-state index in [1.165, 1.54) is 0 Å². The summed E-state index contributed by atoms with van der Waals surface area (Å²) in [6, 6.07) is 0. The first kappa shape index (κ1) is 12.9. The zero-order valence-corrected chi connectivity index (χ0v) is 11.0. The van der Waals surface area contributed by atoms with Gasteiger partial charge in [-0.15, -0.1) is 0 Å². The molecule has 0 bridgehead atoms. The highest BCUT2D eigenvalue weighted by Gasteiger charge is 2.07. The van der Waals surface area contributed by atoms with Crippen LogP contribution in [0.2, 0.25) is 0 Å². The van der Waals surface area contributed by atoms with E-state index in [0.29, 0.717) is 0 Å². The molecule has 0 atom stereocenters. The lowest BCUT2D eigenvalue weighted by Crippen LogP contribution is -2.17. The first-order valence-corrected chi connectivity index (χ1v) is 5.77. The summed E-state index contributed by atoms with van der Waals surface area (Å²) < 4.78 is 0. The van der Waals surface area contributed by atoms with Gasteiger partial charge in [0.1, 0.15) is 11.6 Å². The molecule has 0 unspecified atom stereocenters. The molecule has 0 amide bonds. The molecule has 1 heterocycles. The zero-order chi connectivity index (χ0) is 12.1. The van der Waals surface area contributed by atoms with Gasteiger partial charge < -0.3 is 10.2 Å². The van der Waals surface area contributed by atoms with Gasteiger partial charge in [-0.3, -0.25) is 0 Å². The fraction of sp³-hybridized carbons (Fsp3) is 0.667. The molecule has 1 N–H and O–H groups in total. The summed E-state index contributed by atoms with van der Waals surface area (Å²) in [6.07, 6.45) is 0.895. The second kappa shape index (κ2) is 5.80. The highest BCUT2D eigenvalue weighted by Crippen LogP contribution is 2.14. The Morgan fingerprint density at radius 1 is 1.19 bits per heavy atom. The Morgan fingerprint density at radius 2 is 1.88 bits per heavy atom. The summed E-state index contributed by atoms with van der Waals surface area (Å²) in [5.74, 6) is 1.90. The topological polar surface area (TPSA) is 41.1 Å². The lowest BCUT2D eigenvalue weighted by Gasteiger charge is -2.12. The average molecular weight is 222 g/mol. The fourth-order valence-electron chi connectivity index (χ4n) is 1.46. The van der Waals surface area contributed by atoms with Gasteiger partial charge >= 0.3 is 0 Å². The number of nitrogens with one attached hydrogen (secondary N) is 1. The predicted octanol–water partition coefficient (Wildman–Crippen LogP) is 1.63. The number of anilines is 1. The first-order chi connectivity index (χ1) is 7.54. The van der Waals surface area contributed by atoms with Gasteiger partial charge in [0.2, 0.25) is 0 Å². The normalized spacial score (nSPS) is 10.9. The highest BCUT2D eigenvalue weighted by molar-refractivity contribution is 5.45. The van der Waals surface area contributed by atoms with Crippen molar-refractivity contribution < 1.29 is 0 Å². The van der Waals surface area contributed by atoms with Crippen molar-refractivity contribution in [3.63, 3.8) is 0 Å². The van der Waals surface area contributed by atoms with Crippen molar-refractivity contribution in [2.24, 2.45) is 0 Å². The SMILES string of the molecule is CCNc1nc(CCN(C)C)nc(C)c1C. The predicted molar refractivity (Wildman–Crippen MR) is 67.9 cm³/mol. The van der Waals surface area contributed by atoms with Crippen LogP contribution in [0.5, 0.6) is 0 Å². The van der Waals surface area contributed by atoms with Gasteiger partial charge in [-0.25, -0.2) is 9.97 Å². The van der Waals surface area contributed by atoms with Crippen LogP contribution in [0, 0.1) is 13.8 Å². The van der Waals surface area contributed by atoms with Crippen LogP contribution >= 0.6 is 0 Å². The molecule has 90 valence electrons. The molecule has 4 heteroatoms. The molecule has 1 rings (SSSR count). The molecule has 0 radical (unpaired) electrons. The second-order valence-corrected chi connectivity index (χ2v) is 4.28. The van der Waals surface area contributed by atoms with E-state index in [4.69, 9.17) is 0 Å². The van der Waals surface area contributed by atoms with Gasteiger partial charge in [0, 0.05) is 30.8 Å². The van der Waals surface area contributed by atoms with Gasteiger partial charge in [0.15, 0.2) is 0 Å². The molecule has 0 aliphatic heterocycles. The number of likely N-dealkylation sites (N-methyl/N-ethyl adjacent to an activating group) is 1. The number of aryl methyl sites for hydroxylation is 1. The number of hydrogen-bond donors (Lipinski definition) is 1.